The molecule has 1 aromatic heterocycles. The van der Waals surface area contributed by atoms with Gasteiger partial charge in [-0.1, -0.05) is 43.5 Å². The van der Waals surface area contributed by atoms with Crippen molar-refractivity contribution in [2.45, 2.75) is 70.6 Å². The number of benzene rings is 1. The van der Waals surface area contributed by atoms with Gasteiger partial charge in [-0.2, -0.15) is 0 Å². The summed E-state index contributed by atoms with van der Waals surface area (Å²) in [4.78, 5) is 15.2. The third kappa shape index (κ3) is 4.72. The maximum atomic E-state index is 12.7. The number of rotatable bonds is 5. The second-order valence-electron chi connectivity index (χ2n) is 8.67. The number of hydrogen-bond donors (Lipinski definition) is 1. The molecule has 1 N–H and O–H groups in total. The van der Waals surface area contributed by atoms with Gasteiger partial charge in [-0.25, -0.2) is 0 Å². The summed E-state index contributed by atoms with van der Waals surface area (Å²) in [6.45, 7) is 7.56. The maximum absolute atomic E-state index is 12.7. The van der Waals surface area contributed by atoms with Gasteiger partial charge in [0, 0.05) is 11.8 Å². The highest BCUT2D eigenvalue weighted by molar-refractivity contribution is 6.03. The summed E-state index contributed by atoms with van der Waals surface area (Å²) in [7, 11) is 0. The first-order valence-electron chi connectivity index (χ1n) is 11.2. The molecule has 156 valence electrons. The maximum Gasteiger partial charge on any atom is 0.277 e. The first kappa shape index (κ1) is 20.1. The first-order chi connectivity index (χ1) is 14.1. The van der Waals surface area contributed by atoms with Crippen LogP contribution in [0.5, 0.6) is 0 Å². The molecule has 2 heterocycles. The van der Waals surface area contributed by atoms with Crippen LogP contribution < -0.4 is 5.32 Å². The Balaban J connectivity index is 1.57. The van der Waals surface area contributed by atoms with Crippen LogP contribution in [0.1, 0.15) is 91.1 Å². The summed E-state index contributed by atoms with van der Waals surface area (Å²) in [5, 5.41) is 6.98. The van der Waals surface area contributed by atoms with E-state index in [0.717, 1.165) is 12.2 Å². The third-order valence-corrected chi connectivity index (χ3v) is 6.74. The number of carbonyl (C=O) groups is 1. The zero-order valence-corrected chi connectivity index (χ0v) is 17.7. The highest BCUT2D eigenvalue weighted by Crippen LogP contribution is 2.39. The van der Waals surface area contributed by atoms with Crippen molar-refractivity contribution in [3.05, 3.63) is 46.8 Å². The van der Waals surface area contributed by atoms with E-state index in [1.165, 1.54) is 69.2 Å². The average Bonchev–Trinajstić information content (AvgIpc) is 3.21. The van der Waals surface area contributed by atoms with Gasteiger partial charge in [0.2, 0.25) is 0 Å². The number of anilines is 1. The Labute approximate surface area is 173 Å². The molecule has 1 aliphatic heterocycles. The van der Waals surface area contributed by atoms with Gasteiger partial charge in [0.15, 0.2) is 5.69 Å². The SMILES string of the molecule is CCN1CCC(c2ccc(NC(=O)c3cc(C)on3)c(C3CCCCC3)c2)CC1. The van der Waals surface area contributed by atoms with E-state index in [4.69, 9.17) is 4.52 Å². The molecule has 5 heteroatoms. The van der Waals surface area contributed by atoms with Crippen LogP contribution in [0.15, 0.2) is 28.8 Å². The van der Waals surface area contributed by atoms with Crippen molar-refractivity contribution in [2.75, 3.05) is 25.0 Å². The number of aryl methyl sites for hydroxylation is 1. The molecule has 1 saturated carbocycles. The molecule has 0 unspecified atom stereocenters. The first-order valence-corrected chi connectivity index (χ1v) is 11.2. The van der Waals surface area contributed by atoms with E-state index in [-0.39, 0.29) is 5.91 Å². The van der Waals surface area contributed by atoms with Crippen LogP contribution in [-0.2, 0) is 0 Å². The summed E-state index contributed by atoms with van der Waals surface area (Å²) in [6, 6.07) is 8.43. The Hall–Kier alpha value is -2.14. The van der Waals surface area contributed by atoms with Crippen molar-refractivity contribution in [1.82, 2.24) is 10.1 Å². The minimum atomic E-state index is -0.192. The van der Waals surface area contributed by atoms with Crippen molar-refractivity contribution in [3.8, 4) is 0 Å². The van der Waals surface area contributed by atoms with Crippen molar-refractivity contribution < 1.29 is 9.32 Å². The lowest BCUT2D eigenvalue weighted by atomic mass is 9.80. The molecule has 1 aliphatic carbocycles. The third-order valence-electron chi connectivity index (χ3n) is 6.74. The zero-order chi connectivity index (χ0) is 20.2. The minimum absolute atomic E-state index is 0.192. The van der Waals surface area contributed by atoms with Gasteiger partial charge >= 0.3 is 0 Å². The van der Waals surface area contributed by atoms with E-state index in [1.807, 2.05) is 0 Å². The van der Waals surface area contributed by atoms with Crippen LogP contribution in [0.25, 0.3) is 0 Å². The van der Waals surface area contributed by atoms with Crippen molar-refractivity contribution in [2.24, 2.45) is 0 Å². The number of hydrogen-bond acceptors (Lipinski definition) is 4. The van der Waals surface area contributed by atoms with Crippen LogP contribution in [0.2, 0.25) is 0 Å². The summed E-state index contributed by atoms with van der Waals surface area (Å²) >= 11 is 0. The molecular formula is C24H33N3O2. The molecule has 2 aromatic rings. The fourth-order valence-corrected chi connectivity index (χ4v) is 4.94. The van der Waals surface area contributed by atoms with Gasteiger partial charge in [0.05, 0.1) is 0 Å². The number of carbonyl (C=O) groups excluding carboxylic acids is 1. The molecule has 2 fully saturated rings. The number of aromatic nitrogens is 1. The molecule has 29 heavy (non-hydrogen) atoms. The summed E-state index contributed by atoms with van der Waals surface area (Å²) in [5.74, 6) is 1.62. The lowest BCUT2D eigenvalue weighted by Crippen LogP contribution is -2.32. The quantitative estimate of drug-likeness (QED) is 0.728. The fraction of sp³-hybridized carbons (Fsp3) is 0.583. The number of likely N-dealkylation sites (tertiary alicyclic amines) is 1. The van der Waals surface area contributed by atoms with Crippen LogP contribution in [0.4, 0.5) is 5.69 Å². The highest BCUT2D eigenvalue weighted by Gasteiger charge is 2.24. The predicted molar refractivity (Wildman–Crippen MR) is 116 cm³/mol. The van der Waals surface area contributed by atoms with Gasteiger partial charge < -0.3 is 14.7 Å². The van der Waals surface area contributed by atoms with E-state index in [9.17, 15) is 4.79 Å². The van der Waals surface area contributed by atoms with Gasteiger partial charge in [0.25, 0.3) is 5.91 Å². The topological polar surface area (TPSA) is 58.4 Å². The van der Waals surface area contributed by atoms with E-state index < -0.39 is 0 Å². The van der Waals surface area contributed by atoms with Crippen LogP contribution >= 0.6 is 0 Å². The van der Waals surface area contributed by atoms with E-state index in [1.54, 1.807) is 13.0 Å². The number of amides is 1. The molecule has 2 aliphatic rings. The molecule has 0 bridgehead atoms. The molecule has 4 rings (SSSR count). The molecular weight excluding hydrogens is 362 g/mol. The smallest absolute Gasteiger partial charge is 0.277 e. The largest absolute Gasteiger partial charge is 0.361 e. The predicted octanol–water partition coefficient (Wildman–Crippen LogP) is 5.48. The van der Waals surface area contributed by atoms with Crippen LogP contribution in [0, 0.1) is 6.92 Å². The molecule has 1 aromatic carbocycles. The standard InChI is InChI=1S/C24H33N3O2/c1-3-27-13-11-18(12-14-27)20-9-10-22(21(16-20)19-7-5-4-6-8-19)25-24(28)23-15-17(2)29-26-23/h9-10,15-16,18-19H,3-8,11-14H2,1-2H3,(H,25,28). The average molecular weight is 396 g/mol. The van der Waals surface area contributed by atoms with E-state index in [2.05, 4.69) is 40.5 Å². The zero-order valence-electron chi connectivity index (χ0n) is 17.7. The van der Waals surface area contributed by atoms with Crippen molar-refractivity contribution >= 4 is 11.6 Å². The molecule has 5 nitrogen and oxygen atoms in total. The second kappa shape index (κ2) is 9.12. The van der Waals surface area contributed by atoms with Crippen LogP contribution in [0.3, 0.4) is 0 Å². The van der Waals surface area contributed by atoms with Crippen molar-refractivity contribution in [3.63, 3.8) is 0 Å². The lowest BCUT2D eigenvalue weighted by molar-refractivity contribution is 0.101. The van der Waals surface area contributed by atoms with Gasteiger partial charge in [-0.3, -0.25) is 4.79 Å². The molecule has 1 amide bonds. The van der Waals surface area contributed by atoms with Gasteiger partial charge in [0.1, 0.15) is 5.76 Å². The fourth-order valence-electron chi connectivity index (χ4n) is 4.94. The van der Waals surface area contributed by atoms with Gasteiger partial charge in [-0.15, -0.1) is 0 Å². The summed E-state index contributed by atoms with van der Waals surface area (Å²) in [6.07, 6.45) is 8.75. The normalized spacial score (nSPS) is 19.4. The Bertz CT molecular complexity index is 830. The number of nitrogens with one attached hydrogen (secondary N) is 1. The Morgan fingerprint density at radius 3 is 2.52 bits per heavy atom. The summed E-state index contributed by atoms with van der Waals surface area (Å²) in [5.41, 5.74) is 4.04. The molecule has 1 saturated heterocycles. The van der Waals surface area contributed by atoms with E-state index in [0.29, 0.717) is 23.3 Å². The number of piperidine rings is 1. The molecule has 0 atom stereocenters. The van der Waals surface area contributed by atoms with Gasteiger partial charge in [-0.05, 0) is 81.3 Å². The number of nitrogens with zero attached hydrogens (tertiary/aromatic N) is 2. The van der Waals surface area contributed by atoms with E-state index >= 15 is 0 Å². The Morgan fingerprint density at radius 2 is 1.86 bits per heavy atom. The Morgan fingerprint density at radius 1 is 1.10 bits per heavy atom. The molecule has 0 radical (unpaired) electrons. The second-order valence-corrected chi connectivity index (χ2v) is 8.67. The summed E-state index contributed by atoms with van der Waals surface area (Å²) < 4.78 is 5.07. The minimum Gasteiger partial charge on any atom is -0.361 e. The van der Waals surface area contributed by atoms with Crippen LogP contribution in [-0.4, -0.2) is 35.6 Å². The highest BCUT2D eigenvalue weighted by atomic mass is 16.5. The van der Waals surface area contributed by atoms with Crippen molar-refractivity contribution in [1.29, 1.82) is 0 Å². The Kier molecular flexibility index (Phi) is 6.34. The monoisotopic (exact) mass is 395 g/mol. The molecule has 0 spiro atoms. The lowest BCUT2D eigenvalue weighted by Gasteiger charge is -2.32.